The van der Waals surface area contributed by atoms with Gasteiger partial charge in [0.15, 0.2) is 0 Å². The number of carbonyl (C=O) groups is 1. The first-order chi connectivity index (χ1) is 9.65. The molecule has 0 aliphatic heterocycles. The maximum absolute atomic E-state index is 10.6. The number of nitrogens with zero attached hydrogens (tertiary/aromatic N) is 2. The average molecular weight is 291 g/mol. The number of carboxylic acids is 1. The number of nitrogens with one attached hydrogen (secondary N) is 1. The van der Waals surface area contributed by atoms with Crippen LogP contribution in [0.5, 0.6) is 0 Å². The monoisotopic (exact) mass is 291 g/mol. The van der Waals surface area contributed by atoms with Crippen LogP contribution in [0.3, 0.4) is 0 Å². The summed E-state index contributed by atoms with van der Waals surface area (Å²) >= 11 is 1.76. The van der Waals surface area contributed by atoms with Gasteiger partial charge in [-0.05, 0) is 38.2 Å². The highest BCUT2D eigenvalue weighted by molar-refractivity contribution is 7.19. The van der Waals surface area contributed by atoms with Crippen molar-refractivity contribution in [1.29, 1.82) is 0 Å². The lowest BCUT2D eigenvalue weighted by molar-refractivity contribution is -0.136. The van der Waals surface area contributed by atoms with Crippen molar-refractivity contribution in [3.63, 3.8) is 0 Å². The van der Waals surface area contributed by atoms with Crippen LogP contribution < -0.4 is 5.32 Å². The van der Waals surface area contributed by atoms with Crippen LogP contribution in [0.2, 0.25) is 0 Å². The van der Waals surface area contributed by atoms with Crippen LogP contribution in [0.25, 0.3) is 10.2 Å². The Labute approximate surface area is 121 Å². The Kier molecular flexibility index (Phi) is 3.56. The predicted molar refractivity (Wildman–Crippen MR) is 79.5 cm³/mol. The van der Waals surface area contributed by atoms with Gasteiger partial charge in [0, 0.05) is 11.4 Å². The summed E-state index contributed by atoms with van der Waals surface area (Å²) in [4.78, 5) is 22.1. The van der Waals surface area contributed by atoms with Gasteiger partial charge >= 0.3 is 5.97 Å². The standard InChI is InChI=1S/C14H17N3O2S/c1-8-16-13(15-7-6-11(18)19)12-9-4-2-3-5-10(9)20-14(12)17-8/h2-7H2,1H3,(H,18,19)(H,15,16,17). The minimum atomic E-state index is -0.799. The molecule has 1 aliphatic rings. The smallest absolute Gasteiger partial charge is 0.305 e. The second-order valence-electron chi connectivity index (χ2n) is 5.08. The summed E-state index contributed by atoms with van der Waals surface area (Å²) in [6.45, 7) is 2.27. The number of aromatic nitrogens is 2. The second kappa shape index (κ2) is 5.36. The van der Waals surface area contributed by atoms with Crippen molar-refractivity contribution in [2.45, 2.75) is 39.0 Å². The SMILES string of the molecule is Cc1nc(NCCC(=O)O)c2c3c(sc2n1)CCCC3. The molecule has 0 bridgehead atoms. The van der Waals surface area contributed by atoms with Crippen molar-refractivity contribution in [2.75, 3.05) is 11.9 Å². The van der Waals surface area contributed by atoms with E-state index < -0.39 is 5.97 Å². The molecule has 20 heavy (non-hydrogen) atoms. The molecule has 0 saturated carbocycles. The zero-order valence-electron chi connectivity index (χ0n) is 11.4. The number of hydrogen-bond acceptors (Lipinski definition) is 5. The summed E-state index contributed by atoms with van der Waals surface area (Å²) in [5, 5.41) is 13.0. The quantitative estimate of drug-likeness (QED) is 0.906. The largest absolute Gasteiger partial charge is 0.481 e. The summed E-state index contributed by atoms with van der Waals surface area (Å²) < 4.78 is 0. The fraction of sp³-hybridized carbons (Fsp3) is 0.500. The van der Waals surface area contributed by atoms with Gasteiger partial charge in [0.25, 0.3) is 0 Å². The summed E-state index contributed by atoms with van der Waals surface area (Å²) in [5.41, 5.74) is 1.37. The van der Waals surface area contributed by atoms with Gasteiger partial charge < -0.3 is 10.4 Å². The van der Waals surface area contributed by atoms with Crippen molar-refractivity contribution in [1.82, 2.24) is 9.97 Å². The molecule has 3 rings (SSSR count). The van der Waals surface area contributed by atoms with Gasteiger partial charge in [-0.3, -0.25) is 4.79 Å². The van der Waals surface area contributed by atoms with E-state index in [2.05, 4.69) is 15.3 Å². The minimum Gasteiger partial charge on any atom is -0.481 e. The van der Waals surface area contributed by atoms with Crippen LogP contribution in [0.1, 0.15) is 35.5 Å². The molecule has 5 nitrogen and oxygen atoms in total. The lowest BCUT2D eigenvalue weighted by atomic mass is 9.97. The Balaban J connectivity index is 2.00. The van der Waals surface area contributed by atoms with Crippen LogP contribution in [0.4, 0.5) is 5.82 Å². The van der Waals surface area contributed by atoms with Crippen LogP contribution in [-0.2, 0) is 17.6 Å². The molecular weight excluding hydrogens is 274 g/mol. The fourth-order valence-corrected chi connectivity index (χ4v) is 3.99. The molecule has 6 heteroatoms. The van der Waals surface area contributed by atoms with E-state index in [1.54, 1.807) is 11.3 Å². The zero-order valence-corrected chi connectivity index (χ0v) is 12.2. The molecule has 1 aliphatic carbocycles. The van der Waals surface area contributed by atoms with Gasteiger partial charge in [-0.1, -0.05) is 0 Å². The second-order valence-corrected chi connectivity index (χ2v) is 6.16. The molecule has 106 valence electrons. The molecule has 0 unspecified atom stereocenters. The number of hydrogen-bond donors (Lipinski definition) is 2. The van der Waals surface area contributed by atoms with Crippen LogP contribution >= 0.6 is 11.3 Å². The molecule has 0 spiro atoms. The number of aryl methyl sites for hydroxylation is 3. The highest BCUT2D eigenvalue weighted by Gasteiger charge is 2.20. The zero-order chi connectivity index (χ0) is 14.1. The van der Waals surface area contributed by atoms with Crippen molar-refractivity contribution in [3.05, 3.63) is 16.3 Å². The molecule has 2 aromatic heterocycles. The highest BCUT2D eigenvalue weighted by atomic mass is 32.1. The topological polar surface area (TPSA) is 75.1 Å². The molecule has 2 aromatic rings. The number of rotatable bonds is 4. The summed E-state index contributed by atoms with van der Waals surface area (Å²) in [5.74, 6) is 0.731. The Hall–Kier alpha value is -1.69. The Morgan fingerprint density at radius 2 is 2.15 bits per heavy atom. The van der Waals surface area contributed by atoms with Gasteiger partial charge in [0.2, 0.25) is 0 Å². The third-order valence-electron chi connectivity index (χ3n) is 3.56. The van der Waals surface area contributed by atoms with E-state index in [9.17, 15) is 4.79 Å². The lowest BCUT2D eigenvalue weighted by Crippen LogP contribution is -2.10. The molecular formula is C14H17N3O2S. The summed E-state index contributed by atoms with van der Waals surface area (Å²) in [6, 6.07) is 0. The number of aliphatic carboxylic acids is 1. The number of thiophene rings is 1. The molecule has 0 saturated heterocycles. The Morgan fingerprint density at radius 3 is 2.95 bits per heavy atom. The fourth-order valence-electron chi connectivity index (χ4n) is 2.68. The maximum atomic E-state index is 10.6. The van der Waals surface area contributed by atoms with E-state index >= 15 is 0 Å². The van der Waals surface area contributed by atoms with Gasteiger partial charge in [-0.15, -0.1) is 11.3 Å². The molecule has 0 atom stereocenters. The Bertz CT molecular complexity index is 666. The third kappa shape index (κ3) is 2.47. The molecule has 0 amide bonds. The van der Waals surface area contributed by atoms with Crippen LogP contribution in [0.15, 0.2) is 0 Å². The number of fused-ring (bicyclic) bond motifs is 3. The van der Waals surface area contributed by atoms with Crippen LogP contribution in [-0.4, -0.2) is 27.6 Å². The van der Waals surface area contributed by atoms with Gasteiger partial charge in [-0.2, -0.15) is 0 Å². The van der Waals surface area contributed by atoms with E-state index in [4.69, 9.17) is 5.11 Å². The van der Waals surface area contributed by atoms with Crippen molar-refractivity contribution >= 4 is 33.3 Å². The molecule has 0 radical (unpaired) electrons. The lowest BCUT2D eigenvalue weighted by Gasteiger charge is -2.12. The minimum absolute atomic E-state index is 0.0941. The van der Waals surface area contributed by atoms with E-state index in [-0.39, 0.29) is 6.42 Å². The van der Waals surface area contributed by atoms with Gasteiger partial charge in [0.05, 0.1) is 11.8 Å². The highest BCUT2D eigenvalue weighted by Crippen LogP contribution is 2.38. The van der Waals surface area contributed by atoms with E-state index in [1.807, 2.05) is 6.92 Å². The Morgan fingerprint density at radius 1 is 1.35 bits per heavy atom. The number of anilines is 1. The van der Waals surface area contributed by atoms with Crippen molar-refractivity contribution in [2.24, 2.45) is 0 Å². The van der Waals surface area contributed by atoms with Gasteiger partial charge in [0.1, 0.15) is 16.5 Å². The number of carboxylic acid groups (broad SMARTS) is 1. The van der Waals surface area contributed by atoms with Crippen molar-refractivity contribution in [3.8, 4) is 0 Å². The van der Waals surface area contributed by atoms with Crippen molar-refractivity contribution < 1.29 is 9.90 Å². The predicted octanol–water partition coefficient (Wildman–Crippen LogP) is 2.77. The molecule has 2 N–H and O–H groups in total. The van der Waals surface area contributed by atoms with E-state index in [1.165, 1.54) is 23.3 Å². The summed E-state index contributed by atoms with van der Waals surface area (Å²) in [6.07, 6.45) is 4.76. The molecule has 0 fully saturated rings. The first-order valence-electron chi connectivity index (χ1n) is 6.89. The molecule has 2 heterocycles. The maximum Gasteiger partial charge on any atom is 0.305 e. The molecule has 0 aromatic carbocycles. The first-order valence-corrected chi connectivity index (χ1v) is 7.71. The third-order valence-corrected chi connectivity index (χ3v) is 4.74. The normalized spacial score (nSPS) is 14.2. The van der Waals surface area contributed by atoms with Gasteiger partial charge in [-0.25, -0.2) is 9.97 Å². The van der Waals surface area contributed by atoms with E-state index in [0.717, 1.165) is 34.7 Å². The van der Waals surface area contributed by atoms with Crippen LogP contribution in [0, 0.1) is 6.92 Å². The first kappa shape index (κ1) is 13.3. The average Bonchev–Trinajstić information content (AvgIpc) is 2.75. The van der Waals surface area contributed by atoms with E-state index in [0.29, 0.717) is 6.54 Å². The summed E-state index contributed by atoms with van der Waals surface area (Å²) in [7, 11) is 0.